The third-order valence-electron chi connectivity index (χ3n) is 7.06. The van der Waals surface area contributed by atoms with Crippen molar-refractivity contribution in [2.75, 3.05) is 26.0 Å². The van der Waals surface area contributed by atoms with E-state index >= 15 is 0 Å². The maximum atomic E-state index is 13.3. The van der Waals surface area contributed by atoms with Crippen LogP contribution in [0.3, 0.4) is 0 Å². The van der Waals surface area contributed by atoms with Crippen LogP contribution < -0.4 is 14.8 Å². The average Bonchev–Trinajstić information content (AvgIpc) is 3.33. The summed E-state index contributed by atoms with van der Waals surface area (Å²) in [6.07, 6.45) is 0. The monoisotopic (exact) mass is 527 g/mol. The van der Waals surface area contributed by atoms with Crippen LogP contribution in [0.4, 0.5) is 5.69 Å². The second kappa shape index (κ2) is 9.28. The molecule has 2 heterocycles. The Morgan fingerprint density at radius 3 is 2.64 bits per heavy atom. The number of ether oxygens (including phenoxy) is 2. The predicted octanol–water partition coefficient (Wildman–Crippen LogP) is 5.10. The highest BCUT2D eigenvalue weighted by Crippen LogP contribution is 2.52. The predicted molar refractivity (Wildman–Crippen MR) is 137 cm³/mol. The van der Waals surface area contributed by atoms with E-state index < -0.39 is 17.5 Å². The number of nitrogens with zero attached hydrogens (tertiary/aromatic N) is 2. The maximum absolute atomic E-state index is 13.3. The first-order valence-corrected chi connectivity index (χ1v) is 12.0. The molecule has 5 rings (SSSR count). The van der Waals surface area contributed by atoms with Crippen molar-refractivity contribution < 1.29 is 19.2 Å². The van der Waals surface area contributed by atoms with Crippen molar-refractivity contribution in [1.29, 1.82) is 0 Å². The molecule has 2 aliphatic rings. The summed E-state index contributed by atoms with van der Waals surface area (Å²) in [5.74, 6) is -0.0489. The van der Waals surface area contributed by atoms with E-state index in [0.29, 0.717) is 44.9 Å². The van der Waals surface area contributed by atoms with Crippen LogP contribution in [0.1, 0.15) is 22.6 Å². The van der Waals surface area contributed by atoms with Crippen molar-refractivity contribution in [2.24, 2.45) is 0 Å². The zero-order valence-electron chi connectivity index (χ0n) is 19.5. The number of carbonyl (C=O) groups excluding carboxylic acids is 1. The lowest BCUT2D eigenvalue weighted by Crippen LogP contribution is -2.54. The number of nitrogens with one attached hydrogen (secondary N) is 1. The number of para-hydroxylation sites is 1. The van der Waals surface area contributed by atoms with Crippen LogP contribution >= 0.6 is 23.2 Å². The van der Waals surface area contributed by atoms with E-state index in [0.717, 1.165) is 5.56 Å². The van der Waals surface area contributed by atoms with Gasteiger partial charge in [0.25, 0.3) is 11.9 Å². The van der Waals surface area contributed by atoms with Crippen LogP contribution in [0.25, 0.3) is 0 Å². The van der Waals surface area contributed by atoms with E-state index in [9.17, 15) is 14.9 Å². The van der Waals surface area contributed by atoms with Crippen molar-refractivity contribution in [3.63, 3.8) is 0 Å². The molecule has 1 amide bonds. The number of halogens is 2. The second-order valence-corrected chi connectivity index (χ2v) is 9.76. The van der Waals surface area contributed by atoms with Crippen LogP contribution in [0.15, 0.2) is 60.7 Å². The fraction of sp³-hybridized carbons (Fsp3) is 0.269. The highest BCUT2D eigenvalue weighted by Gasteiger charge is 2.68. The van der Waals surface area contributed by atoms with Gasteiger partial charge in [-0.05, 0) is 42.9 Å². The molecule has 2 aliphatic heterocycles. The second-order valence-electron chi connectivity index (χ2n) is 8.92. The smallest absolute Gasteiger partial charge is 0.256 e. The number of amides is 1. The largest absolute Gasteiger partial charge is 0.493 e. The van der Waals surface area contributed by atoms with Gasteiger partial charge in [0, 0.05) is 38.3 Å². The summed E-state index contributed by atoms with van der Waals surface area (Å²) in [4.78, 5) is 27.2. The van der Waals surface area contributed by atoms with E-state index in [1.165, 1.54) is 7.11 Å². The van der Waals surface area contributed by atoms with Crippen LogP contribution in [-0.4, -0.2) is 42.5 Å². The number of carbonyl (C=O) groups is 1. The fourth-order valence-corrected chi connectivity index (χ4v) is 5.87. The highest BCUT2D eigenvalue weighted by molar-refractivity contribution is 6.35. The van der Waals surface area contributed by atoms with Crippen LogP contribution in [0.5, 0.6) is 11.5 Å². The molecule has 3 aromatic rings. The van der Waals surface area contributed by atoms with Gasteiger partial charge in [0.1, 0.15) is 6.61 Å². The van der Waals surface area contributed by atoms with E-state index in [1.54, 1.807) is 72.6 Å². The Hall–Kier alpha value is -3.33. The third-order valence-corrected chi connectivity index (χ3v) is 7.64. The number of rotatable bonds is 6. The number of hydrogen-bond acceptors (Lipinski definition) is 6. The van der Waals surface area contributed by atoms with Crippen LogP contribution in [0.2, 0.25) is 10.0 Å². The number of anilines is 1. The molecule has 3 aromatic carbocycles. The number of hydrogen-bond donors (Lipinski definition) is 1. The molecule has 186 valence electrons. The van der Waals surface area contributed by atoms with Crippen molar-refractivity contribution in [1.82, 2.24) is 4.90 Å². The normalized spacial score (nSPS) is 22.9. The molecular weight excluding hydrogens is 505 g/mol. The molecule has 0 unspecified atom stereocenters. The fourth-order valence-electron chi connectivity index (χ4n) is 5.41. The minimum Gasteiger partial charge on any atom is -0.493 e. The SMILES string of the molecule is COc1cc([C@@H]2CN(C)[C@]3(C(=O)Nc4ccccc43)[C@@H]2[N+](=O)[O-])ccc1OCc1ccc(Cl)cc1Cl. The summed E-state index contributed by atoms with van der Waals surface area (Å²) in [6.45, 7) is 0.507. The van der Waals surface area contributed by atoms with Crippen molar-refractivity contribution in [2.45, 2.75) is 24.1 Å². The van der Waals surface area contributed by atoms with E-state index in [4.69, 9.17) is 32.7 Å². The Kier molecular flexibility index (Phi) is 6.28. The minimum absolute atomic E-state index is 0.190. The molecule has 36 heavy (non-hydrogen) atoms. The van der Waals surface area contributed by atoms with E-state index in [1.807, 2.05) is 0 Å². The lowest BCUT2D eigenvalue weighted by atomic mass is 9.79. The Balaban J connectivity index is 1.48. The van der Waals surface area contributed by atoms with Gasteiger partial charge in [-0.25, -0.2) is 0 Å². The molecule has 0 saturated carbocycles. The summed E-state index contributed by atoms with van der Waals surface area (Å²) in [6, 6.07) is 16.3. The molecule has 0 aromatic heterocycles. The summed E-state index contributed by atoms with van der Waals surface area (Å²) < 4.78 is 11.5. The van der Waals surface area contributed by atoms with Crippen molar-refractivity contribution in [3.8, 4) is 11.5 Å². The van der Waals surface area contributed by atoms with Gasteiger partial charge in [-0.15, -0.1) is 0 Å². The Morgan fingerprint density at radius 1 is 1.14 bits per heavy atom. The van der Waals surface area contributed by atoms with Gasteiger partial charge in [-0.1, -0.05) is 53.5 Å². The molecule has 0 radical (unpaired) electrons. The average molecular weight is 528 g/mol. The lowest BCUT2D eigenvalue weighted by Gasteiger charge is -2.30. The zero-order chi connectivity index (χ0) is 25.6. The number of methoxy groups -OCH3 is 1. The van der Waals surface area contributed by atoms with Crippen LogP contribution in [-0.2, 0) is 16.9 Å². The Morgan fingerprint density at radius 2 is 1.92 bits per heavy atom. The van der Waals surface area contributed by atoms with Crippen molar-refractivity contribution in [3.05, 3.63) is 97.5 Å². The van der Waals surface area contributed by atoms with Gasteiger partial charge in [-0.3, -0.25) is 19.8 Å². The molecule has 1 N–H and O–H groups in total. The number of benzene rings is 3. The first-order chi connectivity index (χ1) is 17.3. The van der Waals surface area contributed by atoms with Gasteiger partial charge in [0.2, 0.25) is 0 Å². The topological polar surface area (TPSA) is 93.9 Å². The van der Waals surface area contributed by atoms with Gasteiger partial charge in [0.05, 0.1) is 13.0 Å². The number of fused-ring (bicyclic) bond motifs is 2. The first-order valence-electron chi connectivity index (χ1n) is 11.3. The standard InChI is InChI=1S/C26H23Cl2N3O5/c1-30-13-18(24(31(33)34)26(30)19-5-3-4-6-21(19)29-25(26)32)15-8-10-22(23(11-15)35-2)36-14-16-7-9-17(27)12-20(16)28/h3-12,18,24H,13-14H2,1-2H3,(H,29,32)/t18-,24+,26-/m0/s1. The molecule has 10 heteroatoms. The quantitative estimate of drug-likeness (QED) is 0.354. The first kappa shape index (κ1) is 24.4. The molecule has 1 spiro atoms. The summed E-state index contributed by atoms with van der Waals surface area (Å²) >= 11 is 12.2. The molecule has 1 fully saturated rings. The van der Waals surface area contributed by atoms with Gasteiger partial charge in [-0.2, -0.15) is 0 Å². The molecular formula is C26H23Cl2N3O5. The summed E-state index contributed by atoms with van der Waals surface area (Å²) in [7, 11) is 3.26. The number of nitro groups is 1. The third kappa shape index (κ3) is 3.77. The van der Waals surface area contributed by atoms with Gasteiger partial charge < -0.3 is 14.8 Å². The van der Waals surface area contributed by atoms with E-state index in [2.05, 4.69) is 5.32 Å². The lowest BCUT2D eigenvalue weighted by molar-refractivity contribution is -0.534. The van der Waals surface area contributed by atoms with Gasteiger partial charge >= 0.3 is 0 Å². The molecule has 0 bridgehead atoms. The van der Waals surface area contributed by atoms with E-state index in [-0.39, 0.29) is 17.4 Å². The number of likely N-dealkylation sites (N-methyl/N-ethyl adjacent to an activating group) is 1. The molecule has 1 saturated heterocycles. The minimum atomic E-state index is -1.40. The summed E-state index contributed by atoms with van der Waals surface area (Å²) in [5, 5.41) is 16.4. The highest BCUT2D eigenvalue weighted by atomic mass is 35.5. The Labute approximate surface area is 217 Å². The Bertz CT molecular complexity index is 1370. The maximum Gasteiger partial charge on any atom is 0.256 e. The van der Waals surface area contributed by atoms with Crippen molar-refractivity contribution >= 4 is 34.8 Å². The van der Waals surface area contributed by atoms with Gasteiger partial charge in [0.15, 0.2) is 17.0 Å². The van der Waals surface area contributed by atoms with Crippen LogP contribution in [0, 0.1) is 10.1 Å². The zero-order valence-corrected chi connectivity index (χ0v) is 21.0. The molecule has 0 aliphatic carbocycles. The summed E-state index contributed by atoms with van der Waals surface area (Å²) in [5.41, 5.74) is 1.26. The molecule has 3 atom stereocenters. The molecule has 8 nitrogen and oxygen atoms in total. The number of likely N-dealkylation sites (tertiary alicyclic amines) is 1.